The normalized spacial score (nSPS) is 11.4. The predicted molar refractivity (Wildman–Crippen MR) is 81.1 cm³/mol. The quantitative estimate of drug-likeness (QED) is 0.368. The maximum absolute atomic E-state index is 12.9. The fourth-order valence-corrected chi connectivity index (χ4v) is 2.28. The summed E-state index contributed by atoms with van der Waals surface area (Å²) in [5.74, 6) is 0. The van der Waals surface area contributed by atoms with E-state index in [9.17, 15) is 26.3 Å². The van der Waals surface area contributed by atoms with E-state index in [-0.39, 0.29) is 16.7 Å². The lowest BCUT2D eigenvalue weighted by atomic mass is 9.93. The molecule has 0 spiro atoms. The third-order valence-electron chi connectivity index (χ3n) is 3.41. The van der Waals surface area contributed by atoms with Crippen molar-refractivity contribution < 1.29 is 26.3 Å². The van der Waals surface area contributed by atoms with Gasteiger partial charge in [0.2, 0.25) is 0 Å². The van der Waals surface area contributed by atoms with Crippen LogP contribution >= 0.6 is 0 Å². The molecule has 2 rings (SSSR count). The van der Waals surface area contributed by atoms with Gasteiger partial charge in [0.05, 0.1) is 23.8 Å². The summed E-state index contributed by atoms with van der Waals surface area (Å²) in [5.41, 5.74) is -3.33. The number of hydrogen-bond acceptors (Lipinski definition) is 1. The van der Waals surface area contributed by atoms with Crippen LogP contribution in [0, 0.1) is 17.9 Å². The molecule has 0 bridgehead atoms. The Morgan fingerprint density at radius 3 is 1.58 bits per heavy atom. The lowest BCUT2D eigenvalue weighted by Crippen LogP contribution is -2.07. The summed E-state index contributed by atoms with van der Waals surface area (Å²) in [6.45, 7) is 7.04. The molecule has 0 aliphatic heterocycles. The van der Waals surface area contributed by atoms with Crippen molar-refractivity contribution in [1.29, 1.82) is 5.26 Å². The minimum absolute atomic E-state index is 0.174. The average molecular weight is 366 g/mol. The first-order chi connectivity index (χ1) is 12.1. The summed E-state index contributed by atoms with van der Waals surface area (Å²) in [4.78, 5) is 2.95. The van der Waals surface area contributed by atoms with Crippen LogP contribution in [0.4, 0.5) is 26.3 Å². The number of benzene rings is 2. The zero-order valence-electron chi connectivity index (χ0n) is 12.8. The fourth-order valence-electron chi connectivity index (χ4n) is 2.28. The van der Waals surface area contributed by atoms with Crippen LogP contribution in [0.3, 0.4) is 0 Å². The number of allylic oxidation sites excluding steroid dienone is 1. The highest BCUT2D eigenvalue weighted by Gasteiger charge is 2.32. The fraction of sp³-hybridized carbons (Fsp3) is 0.111. The molecule has 0 saturated heterocycles. The molecule has 2 aromatic carbocycles. The SMILES string of the molecule is [C-]#[N+]C(C#N)=C(c1cccc(C(F)(F)F)c1)c1cccc(C(F)(F)F)c1. The molecule has 2 aromatic rings. The first-order valence-corrected chi connectivity index (χ1v) is 6.95. The number of halogens is 6. The first kappa shape index (κ1) is 19.1. The Labute approximate surface area is 144 Å². The summed E-state index contributed by atoms with van der Waals surface area (Å²) in [6, 6.07) is 9.01. The van der Waals surface area contributed by atoms with Crippen LogP contribution in [-0.2, 0) is 12.4 Å². The number of hydrogen-bond donors (Lipinski definition) is 0. The van der Waals surface area contributed by atoms with E-state index in [1.54, 1.807) is 0 Å². The second-order valence-corrected chi connectivity index (χ2v) is 5.10. The summed E-state index contributed by atoms with van der Waals surface area (Å²) in [7, 11) is 0. The Morgan fingerprint density at radius 1 is 0.846 bits per heavy atom. The molecular formula is C18H8F6N2. The Balaban J connectivity index is 2.76. The Hall–Kier alpha value is -3.26. The lowest BCUT2D eigenvalue weighted by molar-refractivity contribution is -0.138. The lowest BCUT2D eigenvalue weighted by Gasteiger charge is -2.14. The number of nitrogens with zero attached hydrogens (tertiary/aromatic N) is 2. The molecule has 0 saturated carbocycles. The average Bonchev–Trinajstić information content (AvgIpc) is 2.58. The standard InChI is InChI=1S/C18H8F6N2/c1-26-15(10-25)16(11-4-2-6-13(8-11)17(19,20)21)12-5-3-7-14(9-12)18(22,23)24/h2-9H. The number of nitriles is 1. The van der Waals surface area contributed by atoms with Crippen LogP contribution < -0.4 is 0 Å². The molecule has 0 fully saturated rings. The first-order valence-electron chi connectivity index (χ1n) is 6.95. The van der Waals surface area contributed by atoms with Gasteiger partial charge in [0.1, 0.15) is 0 Å². The van der Waals surface area contributed by atoms with Gasteiger partial charge in [-0.05, 0) is 35.4 Å². The molecule has 132 valence electrons. The number of rotatable bonds is 2. The molecule has 0 N–H and O–H groups in total. The summed E-state index contributed by atoms with van der Waals surface area (Å²) in [5, 5.41) is 9.11. The van der Waals surface area contributed by atoms with Crippen molar-refractivity contribution in [3.05, 3.63) is 87.9 Å². The van der Waals surface area contributed by atoms with Crippen molar-refractivity contribution in [2.45, 2.75) is 12.4 Å². The van der Waals surface area contributed by atoms with Gasteiger partial charge >= 0.3 is 12.4 Å². The van der Waals surface area contributed by atoms with Crippen molar-refractivity contribution in [1.82, 2.24) is 0 Å². The zero-order valence-corrected chi connectivity index (χ0v) is 12.8. The van der Waals surface area contributed by atoms with Gasteiger partial charge in [-0.3, -0.25) is 0 Å². The van der Waals surface area contributed by atoms with Crippen LogP contribution in [0.5, 0.6) is 0 Å². The molecule has 0 aliphatic rings. The van der Waals surface area contributed by atoms with Gasteiger partial charge in [0.15, 0.2) is 0 Å². The van der Waals surface area contributed by atoms with Crippen molar-refractivity contribution in [3.8, 4) is 6.07 Å². The van der Waals surface area contributed by atoms with Gasteiger partial charge in [-0.15, -0.1) is 0 Å². The zero-order chi connectivity index (χ0) is 19.5. The molecule has 8 heteroatoms. The van der Waals surface area contributed by atoms with E-state index in [2.05, 4.69) is 4.85 Å². The van der Waals surface area contributed by atoms with E-state index >= 15 is 0 Å². The molecule has 0 atom stereocenters. The van der Waals surface area contributed by atoms with Crippen LogP contribution in [0.25, 0.3) is 10.4 Å². The summed E-state index contributed by atoms with van der Waals surface area (Å²) in [6.07, 6.45) is -9.36. The monoisotopic (exact) mass is 366 g/mol. The second-order valence-electron chi connectivity index (χ2n) is 5.10. The van der Waals surface area contributed by atoms with Gasteiger partial charge < -0.3 is 0 Å². The van der Waals surface area contributed by atoms with E-state index < -0.39 is 29.2 Å². The molecule has 0 aliphatic carbocycles. The van der Waals surface area contributed by atoms with Gasteiger partial charge in [-0.25, -0.2) is 10.1 Å². The third kappa shape index (κ3) is 4.04. The Morgan fingerprint density at radius 2 is 1.27 bits per heavy atom. The van der Waals surface area contributed by atoms with E-state index in [0.717, 1.165) is 24.3 Å². The molecule has 0 unspecified atom stereocenters. The van der Waals surface area contributed by atoms with E-state index in [4.69, 9.17) is 11.8 Å². The molecule has 26 heavy (non-hydrogen) atoms. The highest BCUT2D eigenvalue weighted by molar-refractivity contribution is 5.85. The molecular weight excluding hydrogens is 358 g/mol. The van der Waals surface area contributed by atoms with Gasteiger partial charge in [0.25, 0.3) is 5.70 Å². The minimum atomic E-state index is -4.68. The molecule has 0 aromatic heterocycles. The van der Waals surface area contributed by atoms with E-state index in [1.165, 1.54) is 18.2 Å². The van der Waals surface area contributed by atoms with Gasteiger partial charge in [-0.2, -0.15) is 26.3 Å². The van der Waals surface area contributed by atoms with Crippen LogP contribution in [0.15, 0.2) is 54.2 Å². The third-order valence-corrected chi connectivity index (χ3v) is 3.41. The van der Waals surface area contributed by atoms with Gasteiger partial charge in [-0.1, -0.05) is 24.3 Å². The van der Waals surface area contributed by atoms with Crippen LogP contribution in [-0.4, -0.2) is 0 Å². The largest absolute Gasteiger partial charge is 0.416 e. The highest BCUT2D eigenvalue weighted by atomic mass is 19.4. The number of alkyl halides is 6. The molecule has 0 amide bonds. The van der Waals surface area contributed by atoms with E-state index in [1.807, 2.05) is 0 Å². The Kier molecular flexibility index (Phi) is 5.08. The van der Waals surface area contributed by atoms with Crippen molar-refractivity contribution in [3.63, 3.8) is 0 Å². The second kappa shape index (κ2) is 6.93. The van der Waals surface area contributed by atoms with Gasteiger partial charge in [0, 0.05) is 5.57 Å². The molecule has 0 heterocycles. The summed E-state index contributed by atoms with van der Waals surface area (Å²) >= 11 is 0. The maximum atomic E-state index is 12.9. The molecule has 2 nitrogen and oxygen atoms in total. The van der Waals surface area contributed by atoms with Crippen molar-refractivity contribution >= 4 is 5.57 Å². The van der Waals surface area contributed by atoms with E-state index in [0.29, 0.717) is 12.1 Å². The maximum Gasteiger partial charge on any atom is 0.416 e. The van der Waals surface area contributed by atoms with Crippen LogP contribution in [0.1, 0.15) is 22.3 Å². The van der Waals surface area contributed by atoms with Crippen LogP contribution in [0.2, 0.25) is 0 Å². The topological polar surface area (TPSA) is 28.1 Å². The summed E-state index contributed by atoms with van der Waals surface area (Å²) < 4.78 is 77.6. The van der Waals surface area contributed by atoms with Crippen molar-refractivity contribution in [2.75, 3.05) is 0 Å². The minimum Gasteiger partial charge on any atom is -0.226 e. The molecule has 0 radical (unpaired) electrons. The predicted octanol–water partition coefficient (Wildman–Crippen LogP) is 5.93. The Bertz CT molecular complexity index is 864. The van der Waals surface area contributed by atoms with Crippen molar-refractivity contribution in [2.24, 2.45) is 0 Å². The highest BCUT2D eigenvalue weighted by Crippen LogP contribution is 2.36. The smallest absolute Gasteiger partial charge is 0.226 e.